The molecule has 0 amide bonds. The van der Waals surface area contributed by atoms with Crippen LogP contribution in [0.15, 0.2) is 40.9 Å². The average Bonchev–Trinajstić information content (AvgIpc) is 2.93. The summed E-state index contributed by atoms with van der Waals surface area (Å²) in [4.78, 5) is 0. The predicted molar refractivity (Wildman–Crippen MR) is 86.4 cm³/mol. The molecular weight excluding hydrogens is 354 g/mol. The highest BCUT2D eigenvalue weighted by Gasteiger charge is 2.15. The molecule has 2 N–H and O–H groups in total. The van der Waals surface area contributed by atoms with Crippen molar-refractivity contribution in [1.29, 1.82) is 0 Å². The van der Waals surface area contributed by atoms with Crippen LogP contribution >= 0.6 is 27.5 Å². The number of tetrazole rings is 1. The van der Waals surface area contributed by atoms with Crippen molar-refractivity contribution in [2.75, 3.05) is 5.73 Å². The van der Waals surface area contributed by atoms with E-state index in [0.717, 1.165) is 15.6 Å². The van der Waals surface area contributed by atoms with Gasteiger partial charge in [0.25, 0.3) is 0 Å². The smallest absolute Gasteiger partial charge is 0.187 e. The lowest BCUT2D eigenvalue weighted by Crippen LogP contribution is -2.02. The van der Waals surface area contributed by atoms with Crippen LogP contribution in [0, 0.1) is 6.92 Å². The van der Waals surface area contributed by atoms with Gasteiger partial charge in [0.1, 0.15) is 0 Å². The number of nitrogens with two attached hydrogens (primary N) is 1. The lowest BCUT2D eigenvalue weighted by Gasteiger charge is -2.09. The maximum absolute atomic E-state index is 6.26. The lowest BCUT2D eigenvalue weighted by atomic mass is 10.1. The fourth-order valence-corrected chi connectivity index (χ4v) is 2.59. The Bertz CT molecular complexity index is 749. The van der Waals surface area contributed by atoms with Gasteiger partial charge in [0.15, 0.2) is 5.82 Å². The topological polar surface area (TPSA) is 69.6 Å². The van der Waals surface area contributed by atoms with Crippen LogP contribution in [0.4, 0.5) is 5.69 Å². The molecule has 1 heterocycles. The molecule has 0 unspecified atom stereocenters. The Morgan fingerprint density at radius 1 is 1.19 bits per heavy atom. The Balaban J connectivity index is 2.22. The van der Waals surface area contributed by atoms with Gasteiger partial charge in [-0.1, -0.05) is 33.6 Å². The minimum atomic E-state index is 0.563. The normalized spacial score (nSPS) is 10.8. The molecule has 0 spiro atoms. The van der Waals surface area contributed by atoms with Gasteiger partial charge in [0.2, 0.25) is 0 Å². The van der Waals surface area contributed by atoms with E-state index in [4.69, 9.17) is 17.3 Å². The fourth-order valence-electron chi connectivity index (χ4n) is 2.05. The number of nitrogen functional groups attached to an aromatic ring is 1. The van der Waals surface area contributed by atoms with Crippen LogP contribution in [-0.2, 0) is 0 Å². The highest BCUT2D eigenvalue weighted by atomic mass is 79.9. The largest absolute Gasteiger partial charge is 0.399 e. The van der Waals surface area contributed by atoms with E-state index >= 15 is 0 Å². The van der Waals surface area contributed by atoms with Crippen molar-refractivity contribution in [2.24, 2.45) is 0 Å². The first-order valence-corrected chi connectivity index (χ1v) is 7.33. The summed E-state index contributed by atoms with van der Waals surface area (Å²) in [6.45, 7) is 1.98. The van der Waals surface area contributed by atoms with Crippen molar-refractivity contribution in [3.05, 3.63) is 51.5 Å². The van der Waals surface area contributed by atoms with Gasteiger partial charge in [-0.15, -0.1) is 5.10 Å². The first kappa shape index (κ1) is 14.0. The summed E-state index contributed by atoms with van der Waals surface area (Å²) in [5.41, 5.74) is 9.13. The van der Waals surface area contributed by atoms with Crippen LogP contribution in [0.3, 0.4) is 0 Å². The molecule has 0 aliphatic carbocycles. The Hall–Kier alpha value is -1.92. The van der Waals surface area contributed by atoms with Gasteiger partial charge in [-0.2, -0.15) is 4.68 Å². The van der Waals surface area contributed by atoms with E-state index in [1.165, 1.54) is 0 Å². The summed E-state index contributed by atoms with van der Waals surface area (Å²) >= 11 is 9.68. The SMILES string of the molecule is Cc1ccc(N)cc1-c1nnnn1-c1cc(Br)ccc1Cl. The molecule has 0 radical (unpaired) electrons. The van der Waals surface area contributed by atoms with E-state index in [1.54, 1.807) is 10.7 Å². The summed E-state index contributed by atoms with van der Waals surface area (Å²) < 4.78 is 2.50. The second-order valence-corrected chi connectivity index (χ2v) is 5.91. The second-order valence-electron chi connectivity index (χ2n) is 4.58. The molecule has 106 valence electrons. The number of nitrogens with zero attached hydrogens (tertiary/aromatic N) is 4. The zero-order valence-electron chi connectivity index (χ0n) is 11.1. The van der Waals surface area contributed by atoms with Crippen molar-refractivity contribution in [1.82, 2.24) is 20.2 Å². The van der Waals surface area contributed by atoms with E-state index in [0.29, 0.717) is 22.2 Å². The number of benzene rings is 2. The van der Waals surface area contributed by atoms with E-state index in [2.05, 4.69) is 31.5 Å². The van der Waals surface area contributed by atoms with Crippen LogP contribution in [0.5, 0.6) is 0 Å². The Kier molecular flexibility index (Phi) is 3.65. The molecule has 0 atom stereocenters. The predicted octanol–water partition coefficient (Wildman–Crippen LogP) is 3.64. The molecule has 0 aliphatic heterocycles. The summed E-state index contributed by atoms with van der Waals surface area (Å²) in [5.74, 6) is 0.597. The molecule has 21 heavy (non-hydrogen) atoms. The van der Waals surface area contributed by atoms with Crippen LogP contribution in [0.1, 0.15) is 5.56 Å². The van der Waals surface area contributed by atoms with Crippen molar-refractivity contribution < 1.29 is 0 Å². The molecule has 7 heteroatoms. The average molecular weight is 365 g/mol. The van der Waals surface area contributed by atoms with Crippen molar-refractivity contribution in [2.45, 2.75) is 6.92 Å². The quantitative estimate of drug-likeness (QED) is 0.705. The van der Waals surface area contributed by atoms with Crippen molar-refractivity contribution in [3.8, 4) is 17.1 Å². The third kappa shape index (κ3) is 2.64. The van der Waals surface area contributed by atoms with E-state index < -0.39 is 0 Å². The van der Waals surface area contributed by atoms with Gasteiger partial charge in [-0.3, -0.25) is 0 Å². The number of hydrogen-bond donors (Lipinski definition) is 1. The van der Waals surface area contributed by atoms with Gasteiger partial charge >= 0.3 is 0 Å². The number of aryl methyl sites for hydroxylation is 1. The third-order valence-electron chi connectivity index (χ3n) is 3.11. The molecule has 2 aromatic carbocycles. The van der Waals surface area contributed by atoms with E-state index in [9.17, 15) is 0 Å². The molecule has 0 saturated carbocycles. The Morgan fingerprint density at radius 2 is 2.00 bits per heavy atom. The molecule has 0 aliphatic rings. The lowest BCUT2D eigenvalue weighted by molar-refractivity contribution is 0.791. The van der Waals surface area contributed by atoms with Crippen molar-refractivity contribution >= 4 is 33.2 Å². The van der Waals surface area contributed by atoms with Crippen LogP contribution in [0.25, 0.3) is 17.1 Å². The second kappa shape index (κ2) is 5.46. The van der Waals surface area contributed by atoms with Gasteiger partial charge in [-0.05, 0) is 53.2 Å². The van der Waals surface area contributed by atoms with E-state index in [-0.39, 0.29) is 0 Å². The fraction of sp³-hybridized carbons (Fsp3) is 0.0714. The summed E-state index contributed by atoms with van der Waals surface area (Å²) in [6, 6.07) is 11.2. The maximum atomic E-state index is 6.26. The summed E-state index contributed by atoms with van der Waals surface area (Å²) in [5, 5.41) is 12.5. The Labute approximate surface area is 134 Å². The van der Waals surface area contributed by atoms with Gasteiger partial charge < -0.3 is 5.73 Å². The molecule has 0 bridgehead atoms. The number of aromatic nitrogens is 4. The van der Waals surface area contributed by atoms with E-state index in [1.807, 2.05) is 37.3 Å². The minimum Gasteiger partial charge on any atom is -0.399 e. The molecule has 1 aromatic heterocycles. The number of hydrogen-bond acceptors (Lipinski definition) is 4. The summed E-state index contributed by atoms with van der Waals surface area (Å²) in [6.07, 6.45) is 0. The van der Waals surface area contributed by atoms with Gasteiger partial charge in [0.05, 0.1) is 10.7 Å². The molecular formula is C14H11BrClN5. The molecule has 3 aromatic rings. The summed E-state index contributed by atoms with van der Waals surface area (Å²) in [7, 11) is 0. The zero-order valence-corrected chi connectivity index (χ0v) is 13.4. The molecule has 5 nitrogen and oxygen atoms in total. The number of rotatable bonds is 2. The van der Waals surface area contributed by atoms with Gasteiger partial charge in [-0.25, -0.2) is 0 Å². The van der Waals surface area contributed by atoms with Crippen LogP contribution in [0.2, 0.25) is 5.02 Å². The monoisotopic (exact) mass is 363 g/mol. The maximum Gasteiger partial charge on any atom is 0.187 e. The number of halogens is 2. The third-order valence-corrected chi connectivity index (χ3v) is 3.92. The molecule has 3 rings (SSSR count). The molecule has 0 fully saturated rings. The van der Waals surface area contributed by atoms with Crippen LogP contribution in [-0.4, -0.2) is 20.2 Å². The van der Waals surface area contributed by atoms with Crippen LogP contribution < -0.4 is 5.73 Å². The number of anilines is 1. The highest BCUT2D eigenvalue weighted by molar-refractivity contribution is 9.10. The van der Waals surface area contributed by atoms with Crippen molar-refractivity contribution in [3.63, 3.8) is 0 Å². The first-order chi connectivity index (χ1) is 10.1. The molecule has 0 saturated heterocycles. The Morgan fingerprint density at radius 3 is 2.81 bits per heavy atom. The zero-order chi connectivity index (χ0) is 15.0. The van der Waals surface area contributed by atoms with Gasteiger partial charge in [0, 0.05) is 15.7 Å². The highest BCUT2D eigenvalue weighted by Crippen LogP contribution is 2.29. The first-order valence-electron chi connectivity index (χ1n) is 6.16. The standard InChI is InChI=1S/C14H11BrClN5/c1-8-2-4-10(17)7-11(8)14-18-19-20-21(14)13-6-9(15)3-5-12(13)16/h2-7H,17H2,1H3. The minimum absolute atomic E-state index is 0.563.